The van der Waals surface area contributed by atoms with Gasteiger partial charge in [0.1, 0.15) is 15.8 Å². The summed E-state index contributed by atoms with van der Waals surface area (Å²) in [6.07, 6.45) is 2.56. The third-order valence-corrected chi connectivity index (χ3v) is 5.79. The number of aromatic nitrogens is 4. The molecule has 0 unspecified atom stereocenters. The van der Waals surface area contributed by atoms with E-state index in [2.05, 4.69) is 30.2 Å². The number of fused-ring (bicyclic) bond motifs is 1. The van der Waals surface area contributed by atoms with Crippen LogP contribution in [0, 0.1) is 6.92 Å². The van der Waals surface area contributed by atoms with Crippen molar-refractivity contribution in [2.24, 2.45) is 0 Å². The van der Waals surface area contributed by atoms with Gasteiger partial charge >= 0.3 is 5.97 Å². The average Bonchev–Trinajstić information content (AvgIpc) is 3.27. The fourth-order valence-electron chi connectivity index (χ4n) is 3.10. The third kappa shape index (κ3) is 4.15. The highest BCUT2D eigenvalue weighted by atomic mass is 35.5. The van der Waals surface area contributed by atoms with Gasteiger partial charge in [0.15, 0.2) is 5.13 Å². The summed E-state index contributed by atoms with van der Waals surface area (Å²) >= 11 is 7.61. The van der Waals surface area contributed by atoms with E-state index >= 15 is 0 Å². The van der Waals surface area contributed by atoms with Crippen molar-refractivity contribution in [1.82, 2.24) is 19.9 Å². The third-order valence-electron chi connectivity index (χ3n) is 4.42. The summed E-state index contributed by atoms with van der Waals surface area (Å²) in [5.74, 6) is 0.743. The molecular weight excluding hydrogens is 412 g/mol. The lowest BCUT2D eigenvalue weighted by Crippen LogP contribution is -2.21. The van der Waals surface area contributed by atoms with Gasteiger partial charge < -0.3 is 9.64 Å². The maximum atomic E-state index is 12.0. The molecule has 0 aliphatic carbocycles. The lowest BCUT2D eigenvalue weighted by atomic mass is 10.3. The minimum absolute atomic E-state index is 0.314. The topological polar surface area (TPSA) is 93.1 Å². The Morgan fingerprint density at radius 1 is 1.34 bits per heavy atom. The number of carbonyl (C=O) groups is 1. The summed E-state index contributed by atoms with van der Waals surface area (Å²) in [5, 5.41) is 3.99. The van der Waals surface area contributed by atoms with Gasteiger partial charge in [-0.2, -0.15) is 4.98 Å². The molecule has 0 aromatic carbocycles. The first-order chi connectivity index (χ1) is 14.0. The van der Waals surface area contributed by atoms with Crippen molar-refractivity contribution in [2.75, 3.05) is 23.4 Å². The van der Waals surface area contributed by atoms with Crippen LogP contribution in [0.3, 0.4) is 0 Å². The lowest BCUT2D eigenvalue weighted by Gasteiger charge is -2.18. The van der Waals surface area contributed by atoms with Gasteiger partial charge in [-0.15, -0.1) is 0 Å². The van der Waals surface area contributed by atoms with E-state index in [9.17, 15) is 4.79 Å². The lowest BCUT2D eigenvalue weighted by molar-refractivity contribution is 0.0531. The van der Waals surface area contributed by atoms with Crippen LogP contribution in [0.4, 0.5) is 16.9 Å². The average molecular weight is 431 g/mol. The minimum atomic E-state index is -0.384. The van der Waals surface area contributed by atoms with E-state index in [-0.39, 0.29) is 5.97 Å². The maximum Gasteiger partial charge on any atom is 0.350 e. The standard InChI is InChI=1S/C19H19ClN6O2S/c1-3-28-17(27)14-11(2)22-19(29-14)25-18-23-15(20)13-7-9-26(16(13)24-18)10-12-6-4-5-8-21-12/h4-6,8H,3,7,9-10H2,1-2H3,(H,22,23,24,25). The van der Waals surface area contributed by atoms with Gasteiger partial charge in [-0.25, -0.2) is 14.8 Å². The van der Waals surface area contributed by atoms with Crippen molar-refractivity contribution in [3.8, 4) is 0 Å². The molecular formula is C19H19ClN6O2S. The fraction of sp³-hybridized carbons (Fsp3) is 0.316. The van der Waals surface area contributed by atoms with Gasteiger partial charge in [-0.1, -0.05) is 29.0 Å². The molecule has 0 bridgehead atoms. The van der Waals surface area contributed by atoms with Crippen LogP contribution in [0.1, 0.15) is 33.5 Å². The summed E-state index contributed by atoms with van der Waals surface area (Å²) in [5.41, 5.74) is 2.48. The molecule has 0 saturated heterocycles. The number of hydrogen-bond donors (Lipinski definition) is 1. The zero-order valence-electron chi connectivity index (χ0n) is 16.0. The molecule has 0 amide bonds. The van der Waals surface area contributed by atoms with E-state index in [4.69, 9.17) is 16.3 Å². The van der Waals surface area contributed by atoms with E-state index in [0.717, 1.165) is 30.0 Å². The van der Waals surface area contributed by atoms with Crippen LogP contribution in [-0.2, 0) is 17.7 Å². The minimum Gasteiger partial charge on any atom is -0.462 e. The van der Waals surface area contributed by atoms with Gasteiger partial charge in [0.05, 0.1) is 24.5 Å². The van der Waals surface area contributed by atoms with Crippen molar-refractivity contribution in [1.29, 1.82) is 0 Å². The second-order valence-electron chi connectivity index (χ2n) is 6.41. The highest BCUT2D eigenvalue weighted by molar-refractivity contribution is 7.17. The summed E-state index contributed by atoms with van der Waals surface area (Å²) in [6.45, 7) is 5.29. The van der Waals surface area contributed by atoms with E-state index in [1.54, 1.807) is 20.0 Å². The zero-order chi connectivity index (χ0) is 20.4. The van der Waals surface area contributed by atoms with E-state index in [0.29, 0.717) is 40.0 Å². The molecule has 4 rings (SSSR count). The van der Waals surface area contributed by atoms with Crippen molar-refractivity contribution < 1.29 is 9.53 Å². The number of thiazole rings is 1. The number of aryl methyl sites for hydroxylation is 1. The number of anilines is 3. The van der Waals surface area contributed by atoms with Gasteiger partial charge in [0, 0.05) is 18.3 Å². The second-order valence-corrected chi connectivity index (χ2v) is 7.77. The molecule has 29 heavy (non-hydrogen) atoms. The molecule has 150 valence electrons. The Kier molecular flexibility index (Phi) is 5.59. The van der Waals surface area contributed by atoms with Crippen molar-refractivity contribution in [2.45, 2.75) is 26.8 Å². The van der Waals surface area contributed by atoms with Crippen LogP contribution in [-0.4, -0.2) is 39.1 Å². The van der Waals surface area contributed by atoms with Gasteiger partial charge in [-0.3, -0.25) is 10.3 Å². The maximum absolute atomic E-state index is 12.0. The number of nitrogens with zero attached hydrogens (tertiary/aromatic N) is 5. The predicted octanol–water partition coefficient (Wildman–Crippen LogP) is 3.77. The molecule has 0 saturated carbocycles. The van der Waals surface area contributed by atoms with E-state index in [1.807, 2.05) is 18.2 Å². The van der Waals surface area contributed by atoms with Crippen LogP contribution in [0.2, 0.25) is 5.15 Å². The number of rotatable bonds is 6. The van der Waals surface area contributed by atoms with Crippen molar-refractivity contribution in [3.63, 3.8) is 0 Å². The van der Waals surface area contributed by atoms with Crippen LogP contribution in [0.5, 0.6) is 0 Å². The molecule has 10 heteroatoms. The van der Waals surface area contributed by atoms with Crippen LogP contribution >= 0.6 is 22.9 Å². The fourth-order valence-corrected chi connectivity index (χ4v) is 4.22. The number of hydrogen-bond acceptors (Lipinski definition) is 9. The molecule has 0 radical (unpaired) electrons. The SMILES string of the molecule is CCOC(=O)c1sc(Nc2nc(Cl)c3c(n2)N(Cc2ccccn2)CC3)nc1C. The summed E-state index contributed by atoms with van der Waals surface area (Å²) in [6, 6.07) is 5.84. The molecule has 1 aliphatic heterocycles. The van der Waals surface area contributed by atoms with Crippen LogP contribution in [0.15, 0.2) is 24.4 Å². The number of nitrogens with one attached hydrogen (secondary N) is 1. The summed E-state index contributed by atoms with van der Waals surface area (Å²) in [7, 11) is 0. The number of pyridine rings is 1. The molecule has 3 aromatic rings. The van der Waals surface area contributed by atoms with E-state index in [1.165, 1.54) is 11.3 Å². The van der Waals surface area contributed by atoms with Crippen LogP contribution < -0.4 is 10.2 Å². The Morgan fingerprint density at radius 2 is 2.21 bits per heavy atom. The Balaban J connectivity index is 1.57. The van der Waals surface area contributed by atoms with Gasteiger partial charge in [0.25, 0.3) is 0 Å². The number of ether oxygens (including phenoxy) is 1. The first-order valence-electron chi connectivity index (χ1n) is 9.18. The Hall–Kier alpha value is -2.78. The number of esters is 1. The zero-order valence-corrected chi connectivity index (χ0v) is 17.5. The Bertz CT molecular complexity index is 1040. The van der Waals surface area contributed by atoms with Crippen LogP contribution in [0.25, 0.3) is 0 Å². The molecule has 0 atom stereocenters. The largest absolute Gasteiger partial charge is 0.462 e. The number of carbonyl (C=O) groups excluding carboxylic acids is 1. The summed E-state index contributed by atoms with van der Waals surface area (Å²) < 4.78 is 5.06. The van der Waals surface area contributed by atoms with Crippen molar-refractivity contribution in [3.05, 3.63) is 51.4 Å². The Labute approximate surface area is 177 Å². The quantitative estimate of drug-likeness (QED) is 0.466. The first kappa shape index (κ1) is 19.5. The summed E-state index contributed by atoms with van der Waals surface area (Å²) in [4.78, 5) is 32.4. The molecule has 3 aromatic heterocycles. The van der Waals surface area contributed by atoms with Gasteiger partial charge in [0.2, 0.25) is 5.95 Å². The second kappa shape index (κ2) is 8.30. The molecule has 4 heterocycles. The smallest absolute Gasteiger partial charge is 0.350 e. The molecule has 0 spiro atoms. The van der Waals surface area contributed by atoms with Gasteiger partial charge in [-0.05, 0) is 32.4 Å². The Morgan fingerprint density at radius 3 is 2.97 bits per heavy atom. The highest BCUT2D eigenvalue weighted by Gasteiger charge is 2.26. The molecule has 0 fully saturated rings. The normalized spacial score (nSPS) is 12.7. The predicted molar refractivity (Wildman–Crippen MR) is 112 cm³/mol. The molecule has 8 nitrogen and oxygen atoms in total. The number of halogens is 1. The monoisotopic (exact) mass is 430 g/mol. The first-order valence-corrected chi connectivity index (χ1v) is 10.4. The molecule has 1 aliphatic rings. The molecule has 1 N–H and O–H groups in total. The van der Waals surface area contributed by atoms with Crippen molar-refractivity contribution >= 4 is 45.8 Å². The highest BCUT2D eigenvalue weighted by Crippen LogP contribution is 2.34. The van der Waals surface area contributed by atoms with E-state index < -0.39 is 0 Å².